The van der Waals surface area contributed by atoms with Crippen LogP contribution in [0.2, 0.25) is 0 Å². The average molecular weight is 356 g/mol. The maximum Gasteiger partial charge on any atom is 0.310 e. The Kier molecular flexibility index (Phi) is 5.33. The zero-order valence-electron chi connectivity index (χ0n) is 13.7. The molecule has 134 valence electrons. The van der Waals surface area contributed by atoms with Gasteiger partial charge in [0.15, 0.2) is 12.4 Å². The molecule has 1 amide bonds. The fourth-order valence-electron chi connectivity index (χ4n) is 2.37. The Labute approximate surface area is 148 Å². The number of furan rings is 2. The van der Waals surface area contributed by atoms with Crippen LogP contribution in [0.15, 0.2) is 69.9 Å². The topological polar surface area (TPSA) is 99.0 Å². The third-order valence-corrected chi connectivity index (χ3v) is 3.62. The minimum Gasteiger partial charge on any atom is -0.477 e. The maximum absolute atomic E-state index is 12.6. The molecule has 8 heteroatoms. The lowest BCUT2D eigenvalue weighted by atomic mass is 10.3. The number of nitro groups is 1. The van der Waals surface area contributed by atoms with Crippen molar-refractivity contribution in [2.24, 2.45) is 0 Å². The molecule has 2 aromatic heterocycles. The molecular formula is C18H16N2O6. The highest BCUT2D eigenvalue weighted by molar-refractivity contribution is 5.77. The molecule has 0 aliphatic heterocycles. The first-order chi connectivity index (χ1) is 12.6. The lowest BCUT2D eigenvalue weighted by molar-refractivity contribution is -0.385. The third kappa shape index (κ3) is 4.29. The van der Waals surface area contributed by atoms with E-state index in [-0.39, 0.29) is 37.0 Å². The molecule has 2 heterocycles. The van der Waals surface area contributed by atoms with Crippen molar-refractivity contribution in [3.8, 4) is 5.75 Å². The number of carbonyl (C=O) groups is 1. The summed E-state index contributed by atoms with van der Waals surface area (Å²) < 4.78 is 16.0. The van der Waals surface area contributed by atoms with Crippen LogP contribution in [0.25, 0.3) is 0 Å². The molecule has 0 radical (unpaired) electrons. The minimum absolute atomic E-state index is 0.0433. The first-order valence-corrected chi connectivity index (χ1v) is 7.82. The Morgan fingerprint density at radius 2 is 1.62 bits per heavy atom. The molecule has 0 fully saturated rings. The number of carbonyl (C=O) groups excluding carboxylic acids is 1. The number of nitro benzene ring substituents is 1. The molecule has 0 saturated heterocycles. The van der Waals surface area contributed by atoms with Gasteiger partial charge in [-0.1, -0.05) is 12.1 Å². The van der Waals surface area contributed by atoms with Crippen molar-refractivity contribution in [2.75, 3.05) is 6.61 Å². The van der Waals surface area contributed by atoms with E-state index in [9.17, 15) is 14.9 Å². The molecule has 1 aromatic carbocycles. The van der Waals surface area contributed by atoms with Crippen LogP contribution < -0.4 is 4.74 Å². The van der Waals surface area contributed by atoms with Crippen LogP contribution in [0.1, 0.15) is 11.5 Å². The maximum atomic E-state index is 12.6. The molecule has 3 aromatic rings. The van der Waals surface area contributed by atoms with Gasteiger partial charge in [-0.2, -0.15) is 0 Å². The Morgan fingerprint density at radius 3 is 2.15 bits per heavy atom. The largest absolute Gasteiger partial charge is 0.477 e. The van der Waals surface area contributed by atoms with Crippen molar-refractivity contribution in [3.05, 3.63) is 82.7 Å². The summed E-state index contributed by atoms with van der Waals surface area (Å²) in [5.74, 6) is 0.906. The number of amides is 1. The van der Waals surface area contributed by atoms with Crippen LogP contribution in [0.4, 0.5) is 5.69 Å². The summed E-state index contributed by atoms with van der Waals surface area (Å²) in [7, 11) is 0. The number of ether oxygens (including phenoxy) is 1. The van der Waals surface area contributed by atoms with Crippen LogP contribution in [-0.2, 0) is 17.9 Å². The minimum atomic E-state index is -0.552. The number of rotatable bonds is 8. The van der Waals surface area contributed by atoms with Crippen LogP contribution in [0.5, 0.6) is 5.75 Å². The summed E-state index contributed by atoms with van der Waals surface area (Å²) in [6.07, 6.45) is 3.05. The SMILES string of the molecule is O=C(COc1ccccc1[N+](=O)[O-])N(Cc1ccco1)Cc1ccco1. The van der Waals surface area contributed by atoms with Crippen molar-refractivity contribution in [1.29, 1.82) is 0 Å². The Bertz CT molecular complexity index is 821. The highest BCUT2D eigenvalue weighted by atomic mass is 16.6. The summed E-state index contributed by atoms with van der Waals surface area (Å²) >= 11 is 0. The van der Waals surface area contributed by atoms with Gasteiger partial charge in [-0.25, -0.2) is 0 Å². The molecule has 0 unspecified atom stereocenters. The average Bonchev–Trinajstić information content (AvgIpc) is 3.33. The molecule has 0 aliphatic rings. The number of benzene rings is 1. The molecule has 8 nitrogen and oxygen atoms in total. The first kappa shape index (κ1) is 17.3. The summed E-state index contributed by atoms with van der Waals surface area (Å²) in [6, 6.07) is 12.9. The number of hydrogen-bond donors (Lipinski definition) is 0. The predicted molar refractivity (Wildman–Crippen MR) is 90.3 cm³/mol. The van der Waals surface area contributed by atoms with Gasteiger partial charge in [-0.05, 0) is 30.3 Å². The van der Waals surface area contributed by atoms with E-state index in [0.29, 0.717) is 11.5 Å². The standard InChI is InChI=1S/C18H16N2O6/c21-18(13-26-17-8-2-1-7-16(17)20(22)23)19(11-14-5-3-9-24-14)12-15-6-4-10-25-15/h1-10H,11-13H2. The lowest BCUT2D eigenvalue weighted by Gasteiger charge is -2.20. The molecule has 0 saturated carbocycles. The molecule has 0 atom stereocenters. The van der Waals surface area contributed by atoms with Gasteiger partial charge in [0.25, 0.3) is 5.91 Å². The molecular weight excluding hydrogens is 340 g/mol. The zero-order valence-corrected chi connectivity index (χ0v) is 13.7. The highest BCUT2D eigenvalue weighted by Crippen LogP contribution is 2.25. The quantitative estimate of drug-likeness (QED) is 0.453. The van der Waals surface area contributed by atoms with E-state index in [4.69, 9.17) is 13.6 Å². The van der Waals surface area contributed by atoms with E-state index >= 15 is 0 Å². The van der Waals surface area contributed by atoms with Crippen molar-refractivity contribution in [2.45, 2.75) is 13.1 Å². The fourth-order valence-corrected chi connectivity index (χ4v) is 2.37. The van der Waals surface area contributed by atoms with E-state index in [1.54, 1.807) is 30.3 Å². The molecule has 3 rings (SSSR count). The molecule has 0 aliphatic carbocycles. The van der Waals surface area contributed by atoms with Gasteiger partial charge in [0, 0.05) is 6.07 Å². The highest BCUT2D eigenvalue weighted by Gasteiger charge is 2.20. The number of hydrogen-bond acceptors (Lipinski definition) is 6. The van der Waals surface area contributed by atoms with Crippen LogP contribution >= 0.6 is 0 Å². The second-order valence-corrected chi connectivity index (χ2v) is 5.42. The van der Waals surface area contributed by atoms with Gasteiger partial charge in [0.1, 0.15) is 11.5 Å². The van der Waals surface area contributed by atoms with Crippen LogP contribution in [0.3, 0.4) is 0 Å². The van der Waals surface area contributed by atoms with E-state index < -0.39 is 4.92 Å². The van der Waals surface area contributed by atoms with Gasteiger partial charge < -0.3 is 18.5 Å². The Hall–Kier alpha value is -3.55. The third-order valence-electron chi connectivity index (χ3n) is 3.62. The second kappa shape index (κ2) is 8.02. The van der Waals surface area contributed by atoms with E-state index in [0.717, 1.165) is 0 Å². The van der Waals surface area contributed by atoms with Crippen molar-refractivity contribution in [1.82, 2.24) is 4.90 Å². The van der Waals surface area contributed by atoms with Crippen molar-refractivity contribution in [3.63, 3.8) is 0 Å². The molecule has 26 heavy (non-hydrogen) atoms. The summed E-state index contributed by atoms with van der Waals surface area (Å²) in [4.78, 5) is 24.6. The van der Waals surface area contributed by atoms with Crippen LogP contribution in [-0.4, -0.2) is 22.3 Å². The van der Waals surface area contributed by atoms with Crippen molar-refractivity contribution < 1.29 is 23.3 Å². The van der Waals surface area contributed by atoms with Gasteiger partial charge in [0.05, 0.1) is 30.5 Å². The molecule has 0 spiro atoms. The van der Waals surface area contributed by atoms with E-state index in [2.05, 4.69) is 0 Å². The Balaban J connectivity index is 1.70. The summed E-state index contributed by atoms with van der Waals surface area (Å²) in [5.41, 5.74) is -0.191. The number of nitrogens with zero attached hydrogens (tertiary/aromatic N) is 2. The Morgan fingerprint density at radius 1 is 1.00 bits per heavy atom. The van der Waals surface area contributed by atoms with Gasteiger partial charge >= 0.3 is 5.69 Å². The van der Waals surface area contributed by atoms with Gasteiger partial charge in [-0.3, -0.25) is 14.9 Å². The molecule has 0 bridgehead atoms. The summed E-state index contributed by atoms with van der Waals surface area (Å²) in [5, 5.41) is 11.0. The normalized spacial score (nSPS) is 10.5. The number of para-hydroxylation sites is 2. The smallest absolute Gasteiger partial charge is 0.310 e. The lowest BCUT2D eigenvalue weighted by Crippen LogP contribution is -2.34. The second-order valence-electron chi connectivity index (χ2n) is 5.42. The molecule has 0 N–H and O–H groups in total. The van der Waals surface area contributed by atoms with E-state index in [1.165, 1.54) is 35.6 Å². The van der Waals surface area contributed by atoms with Gasteiger partial charge in [0.2, 0.25) is 0 Å². The van der Waals surface area contributed by atoms with E-state index in [1.807, 2.05) is 0 Å². The van der Waals surface area contributed by atoms with Crippen LogP contribution in [0, 0.1) is 10.1 Å². The predicted octanol–water partition coefficient (Wildman–Crippen LogP) is 3.39. The summed E-state index contributed by atoms with van der Waals surface area (Å²) in [6.45, 7) is 0.117. The monoisotopic (exact) mass is 356 g/mol. The zero-order chi connectivity index (χ0) is 18.4. The van der Waals surface area contributed by atoms with Gasteiger partial charge in [-0.15, -0.1) is 0 Å². The first-order valence-electron chi connectivity index (χ1n) is 7.82. The van der Waals surface area contributed by atoms with Crippen molar-refractivity contribution >= 4 is 11.6 Å². The fraction of sp³-hybridized carbons (Fsp3) is 0.167.